The Morgan fingerprint density at radius 2 is 1.61 bits per heavy atom. The van der Waals surface area contributed by atoms with E-state index >= 15 is 0 Å². The summed E-state index contributed by atoms with van der Waals surface area (Å²) in [6, 6.07) is 14.0. The second-order valence-electron chi connectivity index (χ2n) is 10.6. The number of sulfone groups is 2. The number of carbonyl (C=O) groups excluding carboxylic acids is 1. The predicted molar refractivity (Wildman–Crippen MR) is 141 cm³/mol. The van der Waals surface area contributed by atoms with Gasteiger partial charge in [0.15, 0.2) is 5.03 Å². The second-order valence-corrected chi connectivity index (χ2v) is 14.4. The van der Waals surface area contributed by atoms with E-state index in [1.807, 2.05) is 0 Å². The zero-order chi connectivity index (χ0) is 26.5. The van der Waals surface area contributed by atoms with E-state index in [-0.39, 0.29) is 43.5 Å². The third kappa shape index (κ3) is 4.56. The molecule has 1 atom stereocenters. The van der Waals surface area contributed by atoms with Gasteiger partial charge in [-0.05, 0) is 97.5 Å². The Balaban J connectivity index is 1.36. The van der Waals surface area contributed by atoms with E-state index in [1.165, 1.54) is 30.5 Å². The van der Waals surface area contributed by atoms with Crippen molar-refractivity contribution in [3.63, 3.8) is 0 Å². The van der Waals surface area contributed by atoms with Crippen molar-refractivity contribution < 1.29 is 21.6 Å². The number of hydrogen-bond donors (Lipinski definition) is 1. The van der Waals surface area contributed by atoms with Crippen LogP contribution in [-0.2, 0) is 30.9 Å². The first-order valence-electron chi connectivity index (χ1n) is 13.2. The Labute approximate surface area is 223 Å². The molecule has 0 spiro atoms. The number of fused-ring (bicyclic) bond motifs is 1. The molecule has 2 fully saturated rings. The van der Waals surface area contributed by atoms with Gasteiger partial charge in [0.05, 0.1) is 20.7 Å². The van der Waals surface area contributed by atoms with E-state index in [2.05, 4.69) is 10.3 Å². The van der Waals surface area contributed by atoms with E-state index in [9.17, 15) is 21.6 Å². The number of nitrogens with one attached hydrogen (secondary N) is 1. The fraction of sp³-hybridized carbons (Fsp3) is 0.379. The van der Waals surface area contributed by atoms with Gasteiger partial charge in [-0.1, -0.05) is 31.0 Å². The van der Waals surface area contributed by atoms with Crippen molar-refractivity contribution >= 4 is 25.6 Å². The third-order valence-electron chi connectivity index (χ3n) is 8.05. The van der Waals surface area contributed by atoms with Crippen LogP contribution in [0.15, 0.2) is 80.5 Å². The fourth-order valence-electron chi connectivity index (χ4n) is 5.76. The molecular weight excluding hydrogens is 520 g/mol. The molecule has 38 heavy (non-hydrogen) atoms. The molecule has 1 heterocycles. The van der Waals surface area contributed by atoms with Crippen LogP contribution >= 0.6 is 0 Å². The van der Waals surface area contributed by atoms with Gasteiger partial charge in [-0.25, -0.2) is 21.8 Å². The molecule has 1 amide bonds. The van der Waals surface area contributed by atoms with Gasteiger partial charge in [0.2, 0.25) is 25.6 Å². The van der Waals surface area contributed by atoms with E-state index in [0.717, 1.165) is 55.2 Å². The molecule has 9 heteroatoms. The topological polar surface area (TPSA) is 110 Å². The average molecular weight is 551 g/mol. The SMILES string of the molecule is O=C(NC1CCc2cc(S(=O)(=O)c3ccc(C4CC4)cc3S(=O)(=O)c3ccccn3)ccc21)C1CCCC1. The van der Waals surface area contributed by atoms with Crippen molar-refractivity contribution in [2.24, 2.45) is 5.92 Å². The summed E-state index contributed by atoms with van der Waals surface area (Å²) in [5, 5.41) is 2.98. The van der Waals surface area contributed by atoms with Crippen molar-refractivity contribution in [1.29, 1.82) is 0 Å². The summed E-state index contributed by atoms with van der Waals surface area (Å²) >= 11 is 0. The molecular formula is C29H30N2O5S2. The maximum atomic E-state index is 13.9. The van der Waals surface area contributed by atoms with Gasteiger partial charge >= 0.3 is 0 Å². The highest BCUT2D eigenvalue weighted by Crippen LogP contribution is 2.43. The van der Waals surface area contributed by atoms with E-state index in [4.69, 9.17) is 0 Å². The summed E-state index contributed by atoms with van der Waals surface area (Å²) in [6.45, 7) is 0. The summed E-state index contributed by atoms with van der Waals surface area (Å²) < 4.78 is 55.0. The molecule has 1 aromatic heterocycles. The van der Waals surface area contributed by atoms with Crippen LogP contribution < -0.4 is 5.32 Å². The molecule has 7 nitrogen and oxygen atoms in total. The smallest absolute Gasteiger partial charge is 0.225 e. The predicted octanol–water partition coefficient (Wildman–Crippen LogP) is 4.92. The van der Waals surface area contributed by atoms with Gasteiger partial charge in [0.1, 0.15) is 0 Å². The van der Waals surface area contributed by atoms with Crippen LogP contribution in [0.3, 0.4) is 0 Å². The van der Waals surface area contributed by atoms with Gasteiger partial charge in [0, 0.05) is 12.1 Å². The number of benzene rings is 2. The lowest BCUT2D eigenvalue weighted by atomic mass is 10.0. The summed E-state index contributed by atoms with van der Waals surface area (Å²) in [5.74, 6) is 0.398. The number of aryl methyl sites for hydroxylation is 1. The van der Waals surface area contributed by atoms with Crippen LogP contribution in [-0.4, -0.2) is 27.7 Å². The van der Waals surface area contributed by atoms with Crippen molar-refractivity contribution in [2.45, 2.75) is 83.0 Å². The Kier molecular flexibility index (Phi) is 6.39. The number of pyridine rings is 1. The van der Waals surface area contributed by atoms with Crippen LogP contribution in [0.4, 0.5) is 0 Å². The summed E-state index contributed by atoms with van der Waals surface area (Å²) in [6.07, 6.45) is 8.67. The number of aromatic nitrogens is 1. The number of rotatable bonds is 7. The number of carbonyl (C=O) groups is 1. The molecule has 3 aliphatic carbocycles. The standard InChI is InChI=1S/C29H30N2O5S2/c32-29(20-5-1-2-6-20)31-25-14-10-22-17-23(12-13-24(22)25)37(33,34)26-15-11-21(19-8-9-19)18-27(26)38(35,36)28-7-3-4-16-30-28/h3-4,7,11-13,15-20,25H,1-2,5-6,8-10,14H2,(H,31,32). The molecule has 0 aliphatic heterocycles. The molecule has 2 aromatic carbocycles. The number of nitrogens with zero attached hydrogens (tertiary/aromatic N) is 1. The zero-order valence-corrected chi connectivity index (χ0v) is 22.6. The Hall–Kier alpha value is -3.04. The largest absolute Gasteiger partial charge is 0.349 e. The van der Waals surface area contributed by atoms with Gasteiger partial charge in [-0.3, -0.25) is 4.79 Å². The van der Waals surface area contributed by atoms with Crippen LogP contribution in [0.5, 0.6) is 0 Å². The van der Waals surface area contributed by atoms with Gasteiger partial charge in [-0.15, -0.1) is 0 Å². The fourth-order valence-corrected chi connectivity index (χ4v) is 9.10. The monoisotopic (exact) mass is 550 g/mol. The van der Waals surface area contributed by atoms with Crippen LogP contribution in [0.25, 0.3) is 0 Å². The first-order chi connectivity index (χ1) is 18.2. The van der Waals surface area contributed by atoms with Crippen LogP contribution in [0.1, 0.15) is 73.6 Å². The van der Waals surface area contributed by atoms with Crippen molar-refractivity contribution in [1.82, 2.24) is 10.3 Å². The molecule has 0 bridgehead atoms. The molecule has 198 valence electrons. The minimum Gasteiger partial charge on any atom is -0.349 e. The maximum Gasteiger partial charge on any atom is 0.225 e. The lowest BCUT2D eigenvalue weighted by Gasteiger charge is -2.18. The summed E-state index contributed by atoms with van der Waals surface area (Å²) in [4.78, 5) is 16.3. The molecule has 3 aliphatic rings. The Morgan fingerprint density at radius 3 is 2.32 bits per heavy atom. The molecule has 3 aromatic rings. The molecule has 0 saturated heterocycles. The molecule has 1 unspecified atom stereocenters. The summed E-state index contributed by atoms with van der Waals surface area (Å²) in [7, 11) is -8.32. The molecule has 1 N–H and O–H groups in total. The molecule has 0 radical (unpaired) electrons. The summed E-state index contributed by atoms with van der Waals surface area (Å²) in [5.41, 5.74) is 2.63. The normalized spacial score (nSPS) is 19.8. The highest BCUT2D eigenvalue weighted by Gasteiger charge is 2.34. The lowest BCUT2D eigenvalue weighted by molar-refractivity contribution is -0.125. The van der Waals surface area contributed by atoms with Crippen molar-refractivity contribution in [3.05, 3.63) is 77.5 Å². The van der Waals surface area contributed by atoms with Crippen LogP contribution in [0.2, 0.25) is 0 Å². The van der Waals surface area contributed by atoms with Crippen molar-refractivity contribution in [2.75, 3.05) is 0 Å². The van der Waals surface area contributed by atoms with Crippen LogP contribution in [0, 0.1) is 5.92 Å². The molecule has 2 saturated carbocycles. The quantitative estimate of drug-likeness (QED) is 0.447. The lowest BCUT2D eigenvalue weighted by Crippen LogP contribution is -2.32. The highest BCUT2D eigenvalue weighted by molar-refractivity contribution is 7.94. The second kappa shape index (κ2) is 9.61. The Bertz CT molecular complexity index is 1610. The van der Waals surface area contributed by atoms with Crippen molar-refractivity contribution in [3.8, 4) is 0 Å². The number of amides is 1. The first kappa shape index (κ1) is 25.2. The first-order valence-corrected chi connectivity index (χ1v) is 16.2. The number of hydrogen-bond acceptors (Lipinski definition) is 6. The van der Waals surface area contributed by atoms with E-state index < -0.39 is 19.7 Å². The van der Waals surface area contributed by atoms with Gasteiger partial charge < -0.3 is 5.32 Å². The van der Waals surface area contributed by atoms with Gasteiger partial charge in [0.25, 0.3) is 0 Å². The zero-order valence-electron chi connectivity index (χ0n) is 21.0. The Morgan fingerprint density at radius 1 is 0.816 bits per heavy atom. The van der Waals surface area contributed by atoms with E-state index in [0.29, 0.717) is 12.8 Å². The average Bonchev–Trinajstić information content (AvgIpc) is 3.48. The van der Waals surface area contributed by atoms with E-state index in [1.54, 1.807) is 30.3 Å². The molecule has 6 rings (SSSR count). The highest BCUT2D eigenvalue weighted by atomic mass is 32.2. The third-order valence-corrected chi connectivity index (χ3v) is 11.7. The maximum absolute atomic E-state index is 13.9. The minimum atomic E-state index is -4.17. The van der Waals surface area contributed by atoms with Gasteiger partial charge in [-0.2, -0.15) is 0 Å². The minimum absolute atomic E-state index is 0.0515.